The van der Waals surface area contributed by atoms with Crippen LogP contribution in [0.3, 0.4) is 0 Å². The maximum Gasteiger partial charge on any atom is 0.437 e. The van der Waals surface area contributed by atoms with Crippen LogP contribution in [0.1, 0.15) is 31.9 Å². The number of rotatable bonds is 8. The molecular weight excluding hydrogens is 477 g/mol. The zero-order valence-electron chi connectivity index (χ0n) is 19.0. The topological polar surface area (TPSA) is 103 Å². The van der Waals surface area contributed by atoms with Gasteiger partial charge in [-0.05, 0) is 64.1 Å². The molecule has 0 saturated carbocycles. The quantitative estimate of drug-likeness (QED) is 0.322. The molecule has 0 aliphatic rings. The van der Waals surface area contributed by atoms with Crippen molar-refractivity contribution in [1.82, 2.24) is 5.32 Å². The van der Waals surface area contributed by atoms with Crippen LogP contribution in [0.25, 0.3) is 0 Å². The molecule has 34 heavy (non-hydrogen) atoms. The third-order valence-corrected chi connectivity index (χ3v) is 5.09. The predicted molar refractivity (Wildman–Crippen MR) is 118 cm³/mol. The van der Waals surface area contributed by atoms with Gasteiger partial charge in [0, 0.05) is 5.56 Å². The normalized spacial score (nSPS) is 12.7. The van der Waals surface area contributed by atoms with Gasteiger partial charge in [-0.15, -0.1) is 0 Å². The maximum absolute atomic E-state index is 13.5. The summed E-state index contributed by atoms with van der Waals surface area (Å²) in [6.45, 7) is 7.01. The second-order valence-electron chi connectivity index (χ2n) is 8.08. The summed E-state index contributed by atoms with van der Waals surface area (Å²) >= 11 is 0. The van der Waals surface area contributed by atoms with Crippen LogP contribution in [-0.2, 0) is 19.1 Å². The third-order valence-electron chi connectivity index (χ3n) is 3.97. The second-order valence-corrected chi connectivity index (χ2v) is 9.61. The molecule has 0 fully saturated rings. The van der Waals surface area contributed by atoms with Crippen molar-refractivity contribution in [3.05, 3.63) is 59.7 Å². The Bertz CT molecular complexity index is 1110. The maximum atomic E-state index is 13.5. The van der Waals surface area contributed by atoms with Crippen LogP contribution in [0.4, 0.5) is 18.0 Å². The molecular formula is C22H25F3N2O6S. The Labute approximate surface area is 195 Å². The third kappa shape index (κ3) is 8.58. The van der Waals surface area contributed by atoms with Gasteiger partial charge in [-0.1, -0.05) is 22.9 Å². The first-order chi connectivity index (χ1) is 15.7. The zero-order chi connectivity index (χ0) is 25.6. The number of amides is 1. The molecule has 1 amide bonds. The first-order valence-electron chi connectivity index (χ1n) is 10.0. The van der Waals surface area contributed by atoms with E-state index in [4.69, 9.17) is 9.47 Å². The zero-order valence-corrected chi connectivity index (χ0v) is 19.8. The molecule has 2 aromatic carbocycles. The molecule has 0 saturated heterocycles. The van der Waals surface area contributed by atoms with Crippen LogP contribution in [0.5, 0.6) is 5.75 Å². The number of carbonyl (C=O) groups is 1. The molecule has 0 aromatic heterocycles. The number of hydrogen-bond acceptors (Lipinski definition) is 7. The summed E-state index contributed by atoms with van der Waals surface area (Å²) in [5.74, 6) is 0.226. The largest absolute Gasteiger partial charge is 0.492 e. The van der Waals surface area contributed by atoms with E-state index in [2.05, 4.69) is 14.8 Å². The van der Waals surface area contributed by atoms with Crippen molar-refractivity contribution in [1.29, 1.82) is 0 Å². The Morgan fingerprint density at radius 2 is 1.59 bits per heavy atom. The lowest BCUT2D eigenvalue weighted by molar-refractivity contribution is -0.0597. The van der Waals surface area contributed by atoms with Crippen molar-refractivity contribution >= 4 is 21.9 Å². The van der Waals surface area contributed by atoms with Crippen LogP contribution < -0.4 is 10.1 Å². The molecule has 0 aliphatic carbocycles. The lowest BCUT2D eigenvalue weighted by Gasteiger charge is -2.19. The van der Waals surface area contributed by atoms with E-state index in [1.54, 1.807) is 27.7 Å². The molecule has 0 bridgehead atoms. The van der Waals surface area contributed by atoms with E-state index >= 15 is 0 Å². The molecule has 2 aromatic rings. The van der Waals surface area contributed by atoms with Gasteiger partial charge < -0.3 is 14.8 Å². The molecule has 0 aliphatic heterocycles. The number of carbonyl (C=O) groups excluding carboxylic acids is 1. The van der Waals surface area contributed by atoms with Gasteiger partial charge >= 0.3 is 22.4 Å². The highest BCUT2D eigenvalue weighted by Gasteiger charge is 2.38. The number of halogens is 3. The minimum atomic E-state index is -4.98. The lowest BCUT2D eigenvalue weighted by atomic mass is 10.1. The molecule has 0 radical (unpaired) electrons. The van der Waals surface area contributed by atoms with Crippen molar-refractivity contribution in [2.45, 2.75) is 44.4 Å². The Morgan fingerprint density at radius 1 is 1.00 bits per heavy atom. The number of alkyl halides is 3. The summed E-state index contributed by atoms with van der Waals surface area (Å²) < 4.78 is 79.6. The first kappa shape index (κ1) is 27.0. The van der Waals surface area contributed by atoms with Crippen molar-refractivity contribution in [2.24, 2.45) is 5.16 Å². The van der Waals surface area contributed by atoms with Gasteiger partial charge in [0.25, 0.3) is 0 Å². The van der Waals surface area contributed by atoms with Crippen LogP contribution in [0.15, 0.2) is 58.6 Å². The van der Waals surface area contributed by atoms with Gasteiger partial charge in [0.15, 0.2) is 5.71 Å². The van der Waals surface area contributed by atoms with E-state index in [-0.39, 0.29) is 23.8 Å². The minimum Gasteiger partial charge on any atom is -0.492 e. The van der Waals surface area contributed by atoms with E-state index in [1.807, 2.05) is 0 Å². The van der Waals surface area contributed by atoms with E-state index in [9.17, 15) is 26.4 Å². The number of ether oxygens (including phenoxy) is 2. The summed E-state index contributed by atoms with van der Waals surface area (Å²) in [5.41, 5.74) is -1.84. The number of hydrogen-bond donors (Lipinski definition) is 1. The van der Waals surface area contributed by atoms with E-state index in [1.165, 1.54) is 36.4 Å². The summed E-state index contributed by atoms with van der Waals surface area (Å²) in [7, 11) is -4.54. The fourth-order valence-electron chi connectivity index (χ4n) is 2.45. The van der Waals surface area contributed by atoms with Gasteiger partial charge in [-0.3, -0.25) is 4.28 Å². The predicted octanol–water partition coefficient (Wildman–Crippen LogP) is 4.57. The summed E-state index contributed by atoms with van der Waals surface area (Å²) in [6.07, 6.45) is -5.61. The molecule has 0 unspecified atom stereocenters. The molecule has 0 atom stereocenters. The van der Waals surface area contributed by atoms with Gasteiger partial charge in [0.1, 0.15) is 22.9 Å². The summed E-state index contributed by atoms with van der Waals surface area (Å²) in [6, 6.07) is 9.99. The minimum absolute atomic E-state index is 0.0384. The number of nitrogens with one attached hydrogen (secondary N) is 1. The van der Waals surface area contributed by atoms with Crippen molar-refractivity contribution in [2.75, 3.05) is 13.2 Å². The monoisotopic (exact) mass is 502 g/mol. The molecule has 0 spiro atoms. The fourth-order valence-corrected chi connectivity index (χ4v) is 3.18. The number of benzene rings is 2. The lowest BCUT2D eigenvalue weighted by Crippen LogP contribution is -2.34. The number of alkyl carbamates (subject to hydrolysis) is 1. The molecule has 8 nitrogen and oxygen atoms in total. The van der Waals surface area contributed by atoms with Crippen LogP contribution >= 0.6 is 0 Å². The second kappa shape index (κ2) is 10.8. The highest BCUT2D eigenvalue weighted by Crippen LogP contribution is 2.25. The highest BCUT2D eigenvalue weighted by molar-refractivity contribution is 7.86. The van der Waals surface area contributed by atoms with E-state index in [0.717, 1.165) is 17.7 Å². The number of oxime groups is 1. The van der Waals surface area contributed by atoms with E-state index < -0.39 is 39.3 Å². The van der Waals surface area contributed by atoms with Gasteiger partial charge in [-0.25, -0.2) is 4.79 Å². The van der Waals surface area contributed by atoms with Crippen LogP contribution in [0, 0.1) is 6.92 Å². The average molecular weight is 503 g/mol. The van der Waals surface area contributed by atoms with E-state index in [0.29, 0.717) is 0 Å². The summed E-state index contributed by atoms with van der Waals surface area (Å²) in [5, 5.41) is 5.37. The Balaban J connectivity index is 2.04. The SMILES string of the molecule is Cc1ccc(S(=O)(=O)O/N=C(/c2ccc(OCCNC(=O)OC(C)(C)C)cc2)C(F)(F)F)cc1. The van der Waals surface area contributed by atoms with Gasteiger partial charge in [-0.2, -0.15) is 21.6 Å². The van der Waals surface area contributed by atoms with Crippen LogP contribution in [-0.4, -0.2) is 45.2 Å². The Hall–Kier alpha value is -3.28. The van der Waals surface area contributed by atoms with Crippen LogP contribution in [0.2, 0.25) is 0 Å². The van der Waals surface area contributed by atoms with Crippen molar-refractivity contribution in [3.8, 4) is 5.75 Å². The molecule has 186 valence electrons. The number of aryl methyl sites for hydroxylation is 1. The Morgan fingerprint density at radius 3 is 2.12 bits per heavy atom. The fraction of sp³-hybridized carbons (Fsp3) is 0.364. The average Bonchev–Trinajstić information content (AvgIpc) is 2.70. The van der Waals surface area contributed by atoms with Crippen molar-refractivity contribution < 1.29 is 40.1 Å². The standard InChI is InChI=1S/C22H25F3N2O6S/c1-15-5-11-18(12-6-15)34(29,30)33-27-19(22(23,24)25)16-7-9-17(10-8-16)31-14-13-26-20(28)32-21(2,3)4/h5-12H,13-14H2,1-4H3,(H,26,28)/b27-19-. The summed E-state index contributed by atoms with van der Waals surface area (Å²) in [4.78, 5) is 11.2. The number of nitrogens with zero attached hydrogens (tertiary/aromatic N) is 1. The highest BCUT2D eigenvalue weighted by atomic mass is 32.2. The van der Waals surface area contributed by atoms with Gasteiger partial charge in [0.2, 0.25) is 0 Å². The molecule has 2 rings (SSSR count). The first-order valence-corrected chi connectivity index (χ1v) is 11.4. The van der Waals surface area contributed by atoms with Gasteiger partial charge in [0.05, 0.1) is 6.54 Å². The molecule has 12 heteroatoms. The molecule has 1 N–H and O–H groups in total. The van der Waals surface area contributed by atoms with Crippen molar-refractivity contribution in [3.63, 3.8) is 0 Å². The Kier molecular flexibility index (Phi) is 8.54. The molecule has 0 heterocycles. The smallest absolute Gasteiger partial charge is 0.437 e.